The van der Waals surface area contributed by atoms with Crippen LogP contribution in [0.25, 0.3) is 0 Å². The molecule has 0 atom stereocenters. The van der Waals surface area contributed by atoms with Gasteiger partial charge in [-0.3, -0.25) is 15.2 Å². The number of nitrogens with two attached hydrogens (primary N) is 1. The van der Waals surface area contributed by atoms with Crippen molar-refractivity contribution in [2.45, 2.75) is 11.4 Å². The average molecular weight is 297 g/mol. The van der Waals surface area contributed by atoms with Crippen LogP contribution < -0.4 is 10.5 Å². The number of nitrogen functional groups attached to an aromatic ring is 1. The van der Waals surface area contributed by atoms with Gasteiger partial charge in [0.25, 0.3) is 5.69 Å². The van der Waals surface area contributed by atoms with E-state index in [9.17, 15) is 18.5 Å². The highest BCUT2D eigenvalue weighted by atomic mass is 32.2. The van der Waals surface area contributed by atoms with Gasteiger partial charge < -0.3 is 5.73 Å². The summed E-state index contributed by atoms with van der Waals surface area (Å²) in [5.74, 6) is 0. The van der Waals surface area contributed by atoms with Crippen LogP contribution in [0.5, 0.6) is 0 Å². The van der Waals surface area contributed by atoms with Gasteiger partial charge in [-0.25, -0.2) is 13.1 Å². The second-order valence-electron chi connectivity index (χ2n) is 3.91. The van der Waals surface area contributed by atoms with E-state index in [2.05, 4.69) is 14.9 Å². The molecule has 0 aliphatic carbocycles. The Balaban J connectivity index is 2.21. The highest BCUT2D eigenvalue weighted by Crippen LogP contribution is 2.24. The number of aromatic amines is 1. The predicted octanol–water partition coefficient (Wildman–Crippen LogP) is 0.379. The molecule has 1 heterocycles. The Morgan fingerprint density at radius 1 is 1.45 bits per heavy atom. The third-order valence-corrected chi connectivity index (χ3v) is 3.93. The molecule has 0 aliphatic heterocycles. The third kappa shape index (κ3) is 2.92. The molecule has 0 radical (unpaired) electrons. The molecule has 0 saturated carbocycles. The maximum Gasteiger partial charge on any atom is 0.292 e. The fourth-order valence-corrected chi connectivity index (χ4v) is 2.55. The first-order valence-corrected chi connectivity index (χ1v) is 6.90. The van der Waals surface area contributed by atoms with E-state index in [0.29, 0.717) is 5.56 Å². The van der Waals surface area contributed by atoms with Gasteiger partial charge in [0.15, 0.2) is 0 Å². The van der Waals surface area contributed by atoms with E-state index in [1.54, 1.807) is 6.20 Å². The van der Waals surface area contributed by atoms with Crippen molar-refractivity contribution in [2.75, 3.05) is 5.73 Å². The fourth-order valence-electron chi connectivity index (χ4n) is 1.50. The van der Waals surface area contributed by atoms with Crippen molar-refractivity contribution in [3.63, 3.8) is 0 Å². The van der Waals surface area contributed by atoms with E-state index in [-0.39, 0.29) is 22.8 Å². The zero-order valence-corrected chi connectivity index (χ0v) is 10.9. The van der Waals surface area contributed by atoms with Crippen LogP contribution in [0.1, 0.15) is 5.56 Å². The smallest absolute Gasteiger partial charge is 0.292 e. The minimum atomic E-state index is -3.80. The maximum absolute atomic E-state index is 12.0. The minimum Gasteiger partial charge on any atom is -0.393 e. The Hall–Kier alpha value is -2.46. The number of nitrogens with one attached hydrogen (secondary N) is 2. The lowest BCUT2D eigenvalue weighted by Crippen LogP contribution is -2.23. The zero-order chi connectivity index (χ0) is 14.8. The molecular formula is C10H11N5O4S. The summed E-state index contributed by atoms with van der Waals surface area (Å²) in [6.45, 7) is 0.0513. The van der Waals surface area contributed by atoms with Crippen molar-refractivity contribution in [2.24, 2.45) is 0 Å². The van der Waals surface area contributed by atoms with Crippen LogP contribution >= 0.6 is 0 Å². The number of rotatable bonds is 5. The Morgan fingerprint density at radius 2 is 2.20 bits per heavy atom. The Bertz CT molecular complexity index is 726. The molecule has 0 aliphatic rings. The van der Waals surface area contributed by atoms with Crippen LogP contribution in [-0.4, -0.2) is 23.5 Å². The standard InChI is InChI=1S/C10H11N5O4S/c11-9-3-8(1-2-10(9)15(16)17)20(18,19)14-6-7-4-12-13-5-7/h1-5,14H,6,11H2,(H,12,13). The summed E-state index contributed by atoms with van der Waals surface area (Å²) < 4.78 is 26.3. The van der Waals surface area contributed by atoms with Crippen molar-refractivity contribution in [1.29, 1.82) is 0 Å². The Morgan fingerprint density at radius 3 is 2.75 bits per heavy atom. The van der Waals surface area contributed by atoms with Gasteiger partial charge in [-0.05, 0) is 12.1 Å². The molecule has 106 valence electrons. The first-order valence-electron chi connectivity index (χ1n) is 5.41. The van der Waals surface area contributed by atoms with Gasteiger partial charge in [0.05, 0.1) is 16.0 Å². The lowest BCUT2D eigenvalue weighted by molar-refractivity contribution is -0.383. The average Bonchev–Trinajstić information content (AvgIpc) is 2.89. The largest absolute Gasteiger partial charge is 0.393 e. The summed E-state index contributed by atoms with van der Waals surface area (Å²) in [5.41, 5.74) is 5.58. The molecule has 2 aromatic rings. The van der Waals surface area contributed by atoms with Gasteiger partial charge >= 0.3 is 0 Å². The van der Waals surface area contributed by atoms with Crippen LogP contribution in [0.4, 0.5) is 11.4 Å². The summed E-state index contributed by atoms with van der Waals surface area (Å²) in [6, 6.07) is 3.24. The van der Waals surface area contributed by atoms with Gasteiger partial charge in [-0.15, -0.1) is 0 Å². The first-order chi connectivity index (χ1) is 9.40. The molecule has 0 spiro atoms. The number of nitro benzene ring substituents is 1. The van der Waals surface area contributed by atoms with E-state index in [1.165, 1.54) is 6.20 Å². The van der Waals surface area contributed by atoms with Crippen LogP contribution in [-0.2, 0) is 16.6 Å². The normalized spacial score (nSPS) is 11.4. The maximum atomic E-state index is 12.0. The Labute approximate surface area is 114 Å². The van der Waals surface area contributed by atoms with E-state index in [4.69, 9.17) is 5.73 Å². The molecule has 0 fully saturated rings. The molecule has 10 heteroatoms. The number of nitrogens with zero attached hydrogens (tertiary/aromatic N) is 2. The van der Waals surface area contributed by atoms with E-state index < -0.39 is 14.9 Å². The lowest BCUT2D eigenvalue weighted by atomic mass is 10.3. The van der Waals surface area contributed by atoms with Gasteiger partial charge in [0, 0.05) is 24.4 Å². The highest BCUT2D eigenvalue weighted by molar-refractivity contribution is 7.89. The van der Waals surface area contributed by atoms with Crippen molar-refractivity contribution in [1.82, 2.24) is 14.9 Å². The van der Waals surface area contributed by atoms with Gasteiger partial charge in [-0.1, -0.05) is 0 Å². The third-order valence-electron chi connectivity index (χ3n) is 2.53. The minimum absolute atomic E-state index is 0.0513. The van der Waals surface area contributed by atoms with Crippen LogP contribution in [0.15, 0.2) is 35.5 Å². The fraction of sp³-hybridized carbons (Fsp3) is 0.100. The summed E-state index contributed by atoms with van der Waals surface area (Å²) >= 11 is 0. The quantitative estimate of drug-likeness (QED) is 0.413. The number of anilines is 1. The van der Waals surface area contributed by atoms with Crippen LogP contribution in [0.2, 0.25) is 0 Å². The van der Waals surface area contributed by atoms with E-state index >= 15 is 0 Å². The molecule has 0 amide bonds. The molecule has 9 nitrogen and oxygen atoms in total. The van der Waals surface area contributed by atoms with Gasteiger partial charge in [-0.2, -0.15) is 5.10 Å². The molecule has 0 saturated heterocycles. The topological polar surface area (TPSA) is 144 Å². The first kappa shape index (κ1) is 14.0. The summed E-state index contributed by atoms with van der Waals surface area (Å²) in [6.07, 6.45) is 3.03. The molecule has 2 rings (SSSR count). The number of benzene rings is 1. The monoisotopic (exact) mass is 297 g/mol. The van der Waals surface area contributed by atoms with Crippen LogP contribution in [0.3, 0.4) is 0 Å². The van der Waals surface area contributed by atoms with E-state index in [0.717, 1.165) is 18.2 Å². The second-order valence-corrected chi connectivity index (χ2v) is 5.68. The molecule has 1 aromatic carbocycles. The molecule has 20 heavy (non-hydrogen) atoms. The second kappa shape index (κ2) is 5.27. The van der Waals surface area contributed by atoms with E-state index in [1.807, 2.05) is 0 Å². The summed E-state index contributed by atoms with van der Waals surface area (Å²) in [4.78, 5) is 9.80. The van der Waals surface area contributed by atoms with Crippen molar-refractivity contribution in [3.05, 3.63) is 46.3 Å². The number of hydrogen-bond donors (Lipinski definition) is 3. The summed E-state index contributed by atoms with van der Waals surface area (Å²) in [7, 11) is -3.80. The SMILES string of the molecule is Nc1cc(S(=O)(=O)NCc2cn[nH]c2)ccc1[N+](=O)[O-]. The molecule has 0 unspecified atom stereocenters. The van der Waals surface area contributed by atoms with Gasteiger partial charge in [0.1, 0.15) is 5.69 Å². The number of nitro groups is 1. The van der Waals surface area contributed by atoms with Crippen molar-refractivity contribution < 1.29 is 13.3 Å². The van der Waals surface area contributed by atoms with Crippen molar-refractivity contribution >= 4 is 21.4 Å². The predicted molar refractivity (Wildman–Crippen MR) is 70.1 cm³/mol. The lowest BCUT2D eigenvalue weighted by Gasteiger charge is -2.06. The number of aromatic nitrogens is 2. The zero-order valence-electron chi connectivity index (χ0n) is 10.1. The number of hydrogen-bond acceptors (Lipinski definition) is 6. The molecule has 0 bridgehead atoms. The molecular weight excluding hydrogens is 286 g/mol. The highest BCUT2D eigenvalue weighted by Gasteiger charge is 2.18. The Kier molecular flexibility index (Phi) is 3.68. The van der Waals surface area contributed by atoms with Crippen molar-refractivity contribution in [3.8, 4) is 0 Å². The number of H-pyrrole nitrogens is 1. The summed E-state index contributed by atoms with van der Waals surface area (Å²) in [5, 5.41) is 16.9. The molecule has 1 aromatic heterocycles. The number of sulfonamides is 1. The molecule has 4 N–H and O–H groups in total. The van der Waals surface area contributed by atoms with Crippen LogP contribution in [0, 0.1) is 10.1 Å². The van der Waals surface area contributed by atoms with Gasteiger partial charge in [0.2, 0.25) is 10.0 Å².